The zero-order valence-electron chi connectivity index (χ0n) is 17.3. The Morgan fingerprint density at radius 1 is 1.07 bits per heavy atom. The second-order valence-electron chi connectivity index (χ2n) is 7.60. The fraction of sp³-hybridized carbons (Fsp3) is 0.895. The van der Waals surface area contributed by atoms with Gasteiger partial charge in [-0.2, -0.15) is 11.8 Å². The molecule has 7 nitrogen and oxygen atoms in total. The van der Waals surface area contributed by atoms with Crippen LogP contribution in [-0.2, 0) is 4.74 Å². The van der Waals surface area contributed by atoms with E-state index in [1.165, 1.54) is 50.3 Å². The molecule has 0 radical (unpaired) electrons. The number of aliphatic imine (C=N–C) groups is 1. The van der Waals surface area contributed by atoms with Crippen LogP contribution < -0.4 is 5.32 Å². The van der Waals surface area contributed by atoms with Crippen molar-refractivity contribution >= 4 is 47.8 Å². The van der Waals surface area contributed by atoms with Gasteiger partial charge in [0, 0.05) is 69.9 Å². The van der Waals surface area contributed by atoms with Gasteiger partial charge in [0.15, 0.2) is 5.96 Å². The SMILES string of the molecule is CCOC(=O)N1CCN(C(=NC)NCC2(N3CCSCC3)CCCC2)CC1.I. The van der Waals surface area contributed by atoms with Gasteiger partial charge in [0.25, 0.3) is 0 Å². The largest absolute Gasteiger partial charge is 0.450 e. The number of nitrogens with one attached hydrogen (secondary N) is 1. The van der Waals surface area contributed by atoms with Crippen LogP contribution in [0.1, 0.15) is 32.6 Å². The fourth-order valence-corrected chi connectivity index (χ4v) is 5.47. The molecule has 0 bridgehead atoms. The lowest BCUT2D eigenvalue weighted by Crippen LogP contribution is -2.59. The number of rotatable bonds is 4. The number of carbonyl (C=O) groups is 1. The molecule has 1 aliphatic carbocycles. The number of thioether (sulfide) groups is 1. The summed E-state index contributed by atoms with van der Waals surface area (Å²) in [6.45, 7) is 8.65. The molecule has 0 aromatic rings. The van der Waals surface area contributed by atoms with E-state index in [9.17, 15) is 4.79 Å². The molecule has 0 spiro atoms. The predicted molar refractivity (Wildman–Crippen MR) is 127 cm³/mol. The minimum Gasteiger partial charge on any atom is -0.450 e. The summed E-state index contributed by atoms with van der Waals surface area (Å²) in [7, 11) is 1.86. The van der Waals surface area contributed by atoms with Gasteiger partial charge >= 0.3 is 6.09 Å². The quantitative estimate of drug-likeness (QED) is 0.346. The van der Waals surface area contributed by atoms with E-state index >= 15 is 0 Å². The Morgan fingerprint density at radius 2 is 1.68 bits per heavy atom. The maximum absolute atomic E-state index is 11.9. The number of ether oxygens (including phenoxy) is 1. The molecule has 2 saturated heterocycles. The molecule has 28 heavy (non-hydrogen) atoms. The second-order valence-corrected chi connectivity index (χ2v) is 8.83. The summed E-state index contributed by atoms with van der Waals surface area (Å²) in [5.74, 6) is 3.48. The molecule has 3 aliphatic rings. The molecule has 1 N–H and O–H groups in total. The van der Waals surface area contributed by atoms with Crippen LogP contribution in [-0.4, -0.2) is 103 Å². The van der Waals surface area contributed by atoms with Crippen molar-refractivity contribution in [2.45, 2.75) is 38.1 Å². The van der Waals surface area contributed by atoms with E-state index in [1.807, 2.05) is 14.0 Å². The minimum atomic E-state index is -0.201. The summed E-state index contributed by atoms with van der Waals surface area (Å²) in [4.78, 5) is 23.2. The normalized spacial score (nSPS) is 23.3. The first-order valence-corrected chi connectivity index (χ1v) is 11.5. The van der Waals surface area contributed by atoms with Crippen molar-refractivity contribution in [3.63, 3.8) is 0 Å². The first-order valence-electron chi connectivity index (χ1n) is 10.4. The second kappa shape index (κ2) is 11.7. The van der Waals surface area contributed by atoms with Crippen molar-refractivity contribution < 1.29 is 9.53 Å². The van der Waals surface area contributed by atoms with Gasteiger partial charge in [0.1, 0.15) is 0 Å². The molecule has 0 atom stereocenters. The van der Waals surface area contributed by atoms with Gasteiger partial charge < -0.3 is 19.9 Å². The summed E-state index contributed by atoms with van der Waals surface area (Å²) in [5, 5.41) is 3.68. The number of halogens is 1. The number of nitrogens with zero attached hydrogens (tertiary/aromatic N) is 4. The monoisotopic (exact) mass is 525 g/mol. The smallest absolute Gasteiger partial charge is 0.409 e. The van der Waals surface area contributed by atoms with E-state index in [1.54, 1.807) is 4.90 Å². The molecule has 162 valence electrons. The van der Waals surface area contributed by atoms with Gasteiger partial charge in [0.2, 0.25) is 0 Å². The van der Waals surface area contributed by atoms with Crippen LogP contribution in [0.3, 0.4) is 0 Å². The van der Waals surface area contributed by atoms with E-state index < -0.39 is 0 Å². The summed E-state index contributed by atoms with van der Waals surface area (Å²) >= 11 is 2.08. The van der Waals surface area contributed by atoms with Crippen LogP contribution >= 0.6 is 35.7 Å². The molecular weight excluding hydrogens is 489 g/mol. The van der Waals surface area contributed by atoms with Crippen molar-refractivity contribution in [1.82, 2.24) is 20.0 Å². The lowest BCUT2D eigenvalue weighted by atomic mass is 9.94. The topological polar surface area (TPSA) is 60.4 Å². The van der Waals surface area contributed by atoms with E-state index in [-0.39, 0.29) is 30.1 Å². The number of hydrogen-bond donors (Lipinski definition) is 1. The number of piperazine rings is 1. The Morgan fingerprint density at radius 3 is 2.25 bits per heavy atom. The molecule has 2 heterocycles. The third-order valence-electron chi connectivity index (χ3n) is 6.11. The van der Waals surface area contributed by atoms with Gasteiger partial charge in [0.05, 0.1) is 6.61 Å². The van der Waals surface area contributed by atoms with Crippen LogP contribution in [0.2, 0.25) is 0 Å². The van der Waals surface area contributed by atoms with Crippen molar-refractivity contribution in [2.24, 2.45) is 4.99 Å². The number of carbonyl (C=O) groups excluding carboxylic acids is 1. The Hall–Kier alpha value is -0.420. The van der Waals surface area contributed by atoms with E-state index in [4.69, 9.17) is 4.74 Å². The first kappa shape index (κ1) is 23.9. The zero-order valence-corrected chi connectivity index (χ0v) is 20.5. The molecule has 3 fully saturated rings. The molecule has 3 rings (SSSR count). The third kappa shape index (κ3) is 5.81. The highest BCUT2D eigenvalue weighted by atomic mass is 127. The molecule has 1 saturated carbocycles. The average Bonchev–Trinajstić information content (AvgIpc) is 3.20. The standard InChI is InChI=1S/C19H35N5O2S.HI/c1-3-26-18(25)23-10-8-22(9-11-23)17(20-2)21-16-19(6-4-5-7-19)24-12-14-27-15-13-24;/h3-16H2,1-2H3,(H,20,21);1H. The van der Waals surface area contributed by atoms with Gasteiger partial charge in [-0.1, -0.05) is 12.8 Å². The highest BCUT2D eigenvalue weighted by Crippen LogP contribution is 2.36. The van der Waals surface area contributed by atoms with Gasteiger partial charge in [-0.3, -0.25) is 9.89 Å². The number of amides is 1. The van der Waals surface area contributed by atoms with Crippen molar-refractivity contribution in [2.75, 3.05) is 71.0 Å². The van der Waals surface area contributed by atoms with Gasteiger partial charge in [-0.25, -0.2) is 4.79 Å². The molecule has 0 aromatic carbocycles. The lowest BCUT2D eigenvalue weighted by Gasteiger charge is -2.44. The van der Waals surface area contributed by atoms with Crippen molar-refractivity contribution in [3.8, 4) is 0 Å². The highest BCUT2D eigenvalue weighted by Gasteiger charge is 2.40. The Bertz CT molecular complexity index is 516. The molecular formula is C19H36IN5O2S. The molecule has 0 unspecified atom stereocenters. The third-order valence-corrected chi connectivity index (χ3v) is 7.05. The number of guanidine groups is 1. The van der Waals surface area contributed by atoms with Crippen LogP contribution in [0.5, 0.6) is 0 Å². The molecule has 1 amide bonds. The molecule has 0 aromatic heterocycles. The minimum absolute atomic E-state index is 0. The van der Waals surface area contributed by atoms with Crippen LogP contribution in [0.15, 0.2) is 4.99 Å². The summed E-state index contributed by atoms with van der Waals surface area (Å²) < 4.78 is 5.11. The van der Waals surface area contributed by atoms with Crippen LogP contribution in [0.4, 0.5) is 4.79 Å². The predicted octanol–water partition coefficient (Wildman–Crippen LogP) is 2.32. The Labute approximate surface area is 191 Å². The van der Waals surface area contributed by atoms with E-state index in [2.05, 4.69) is 31.9 Å². The van der Waals surface area contributed by atoms with Crippen LogP contribution in [0.25, 0.3) is 0 Å². The lowest BCUT2D eigenvalue weighted by molar-refractivity contribution is 0.0899. The summed E-state index contributed by atoms with van der Waals surface area (Å²) in [6, 6.07) is 0. The fourth-order valence-electron chi connectivity index (χ4n) is 4.57. The summed E-state index contributed by atoms with van der Waals surface area (Å²) in [6.07, 6.45) is 5.05. The average molecular weight is 526 g/mol. The van der Waals surface area contributed by atoms with Crippen LogP contribution in [0, 0.1) is 0 Å². The summed E-state index contributed by atoms with van der Waals surface area (Å²) in [5.41, 5.74) is 0.295. The van der Waals surface area contributed by atoms with Crippen molar-refractivity contribution in [3.05, 3.63) is 0 Å². The maximum atomic E-state index is 11.9. The van der Waals surface area contributed by atoms with Gasteiger partial charge in [-0.05, 0) is 19.8 Å². The maximum Gasteiger partial charge on any atom is 0.409 e. The molecule has 9 heteroatoms. The van der Waals surface area contributed by atoms with Gasteiger partial charge in [-0.15, -0.1) is 24.0 Å². The zero-order chi connectivity index (χ0) is 19.1. The van der Waals surface area contributed by atoms with Crippen molar-refractivity contribution in [1.29, 1.82) is 0 Å². The number of hydrogen-bond acceptors (Lipinski definition) is 5. The Balaban J connectivity index is 0.00000280. The van der Waals surface area contributed by atoms with E-state index in [0.29, 0.717) is 25.2 Å². The Kier molecular flexibility index (Phi) is 9.96. The molecule has 2 aliphatic heterocycles. The highest BCUT2D eigenvalue weighted by molar-refractivity contribution is 14.0. The van der Waals surface area contributed by atoms with E-state index in [0.717, 1.165) is 25.6 Å². The first-order chi connectivity index (χ1) is 13.2.